The first kappa shape index (κ1) is 16.7. The molecule has 0 spiro atoms. The predicted molar refractivity (Wildman–Crippen MR) is 96.9 cm³/mol. The maximum Gasteiger partial charge on any atom is 0.123 e. The highest BCUT2D eigenvalue weighted by Gasteiger charge is 2.46. The van der Waals surface area contributed by atoms with Crippen molar-refractivity contribution in [1.29, 1.82) is 0 Å². The fourth-order valence-electron chi connectivity index (χ4n) is 4.65. The van der Waals surface area contributed by atoms with Gasteiger partial charge in [0.25, 0.3) is 0 Å². The predicted octanol–water partition coefficient (Wildman–Crippen LogP) is 6.49. The molecule has 0 saturated heterocycles. The van der Waals surface area contributed by atoms with Gasteiger partial charge in [-0.25, -0.2) is 4.39 Å². The van der Waals surface area contributed by atoms with Crippen LogP contribution in [-0.2, 0) is 0 Å². The summed E-state index contributed by atoms with van der Waals surface area (Å²) in [6, 6.07) is 7.34. The van der Waals surface area contributed by atoms with Crippen LogP contribution >= 0.6 is 18.9 Å². The average Bonchev–Trinajstić information content (AvgIpc) is 2.59. The lowest BCUT2D eigenvalue weighted by Gasteiger charge is -2.48. The van der Waals surface area contributed by atoms with Gasteiger partial charge >= 0.3 is 0 Å². The number of halogens is 2. The van der Waals surface area contributed by atoms with Crippen molar-refractivity contribution in [3.63, 3.8) is 0 Å². The van der Waals surface area contributed by atoms with Crippen LogP contribution in [0, 0.1) is 11.4 Å². The fraction of sp³-hybridized carbons (Fsp3) is 0.632. The minimum absolute atomic E-state index is 0.135. The average molecular weight is 341 g/mol. The third kappa shape index (κ3) is 3.22. The third-order valence-corrected chi connectivity index (χ3v) is 11.7. The van der Waals surface area contributed by atoms with E-state index in [2.05, 4.69) is 5.62 Å². The zero-order valence-corrected chi connectivity index (χ0v) is 15.0. The van der Waals surface area contributed by atoms with Crippen LogP contribution in [0.15, 0.2) is 24.3 Å². The molecule has 1 aromatic carbocycles. The van der Waals surface area contributed by atoms with Crippen LogP contribution in [0.3, 0.4) is 0 Å². The molecule has 0 aliphatic heterocycles. The van der Waals surface area contributed by atoms with Gasteiger partial charge in [0.05, 0.1) is 5.30 Å². The molecule has 2 saturated carbocycles. The molecular formula is C19H27ClFP. The Labute approximate surface area is 140 Å². The lowest BCUT2D eigenvalue weighted by atomic mass is 9.99. The molecule has 0 unspecified atom stereocenters. The Morgan fingerprint density at radius 2 is 1.27 bits per heavy atom. The molecule has 122 valence electrons. The standard InChI is InChI=1S/C19H27ClFP/c20-15-22(17-7-3-1-4-8-17,18-9-5-2-6-10-18)19-13-11-16(21)12-14-19/h11-15,17-18H,1-10H2. The summed E-state index contributed by atoms with van der Waals surface area (Å²) in [6.45, 7) is 0. The van der Waals surface area contributed by atoms with Gasteiger partial charge in [0.1, 0.15) is 5.82 Å². The first-order chi connectivity index (χ1) is 10.8. The van der Waals surface area contributed by atoms with Crippen LogP contribution in [0.1, 0.15) is 64.2 Å². The van der Waals surface area contributed by atoms with Gasteiger partial charge in [-0.05, 0) is 75.6 Å². The van der Waals surface area contributed by atoms with E-state index in [1.54, 1.807) is 12.1 Å². The molecule has 1 aromatic rings. The van der Waals surface area contributed by atoms with E-state index in [0.29, 0.717) is 0 Å². The minimum Gasteiger partial charge on any atom is -0.304 e. The van der Waals surface area contributed by atoms with Crippen molar-refractivity contribution in [2.75, 3.05) is 0 Å². The molecule has 0 nitrogen and oxygen atoms in total. The second-order valence-electron chi connectivity index (χ2n) is 6.99. The van der Waals surface area contributed by atoms with Crippen molar-refractivity contribution in [1.82, 2.24) is 0 Å². The van der Waals surface area contributed by atoms with Crippen molar-refractivity contribution in [3.8, 4) is 0 Å². The van der Waals surface area contributed by atoms with E-state index in [4.69, 9.17) is 11.6 Å². The van der Waals surface area contributed by atoms with Crippen LogP contribution in [-0.4, -0.2) is 11.3 Å². The topological polar surface area (TPSA) is 0 Å². The van der Waals surface area contributed by atoms with Gasteiger partial charge in [0.2, 0.25) is 0 Å². The highest BCUT2D eigenvalue weighted by atomic mass is 35.5. The van der Waals surface area contributed by atoms with Crippen LogP contribution in [0.4, 0.5) is 4.39 Å². The molecule has 0 amide bonds. The normalized spacial score (nSPS) is 21.9. The van der Waals surface area contributed by atoms with Crippen molar-refractivity contribution in [2.45, 2.75) is 75.5 Å². The molecule has 0 N–H and O–H groups in total. The van der Waals surface area contributed by atoms with Crippen LogP contribution in [0.2, 0.25) is 0 Å². The molecule has 0 atom stereocenters. The lowest BCUT2D eigenvalue weighted by molar-refractivity contribution is 0.483. The Balaban J connectivity index is 1.99. The first-order valence-corrected chi connectivity index (χ1v) is 11.3. The van der Waals surface area contributed by atoms with Gasteiger partial charge in [-0.3, -0.25) is 0 Å². The smallest absolute Gasteiger partial charge is 0.123 e. The largest absolute Gasteiger partial charge is 0.304 e. The summed E-state index contributed by atoms with van der Waals surface area (Å²) in [6.07, 6.45) is 13.3. The summed E-state index contributed by atoms with van der Waals surface area (Å²) in [4.78, 5) is 0. The van der Waals surface area contributed by atoms with Crippen molar-refractivity contribution < 1.29 is 4.39 Å². The highest BCUT2D eigenvalue weighted by molar-refractivity contribution is 7.87. The summed E-state index contributed by atoms with van der Waals surface area (Å²) in [5, 5.41) is 1.35. The van der Waals surface area contributed by atoms with Gasteiger partial charge in [0, 0.05) is 11.3 Å². The molecule has 2 fully saturated rings. The van der Waals surface area contributed by atoms with Crippen molar-refractivity contribution in [2.24, 2.45) is 0 Å². The monoisotopic (exact) mass is 340 g/mol. The molecular weight excluding hydrogens is 314 g/mol. The van der Waals surface area contributed by atoms with E-state index < -0.39 is 7.26 Å². The van der Waals surface area contributed by atoms with Gasteiger partial charge in [-0.15, -0.1) is 0 Å². The van der Waals surface area contributed by atoms with Gasteiger partial charge in [0.15, 0.2) is 0 Å². The number of hydrogen-bond donors (Lipinski definition) is 0. The van der Waals surface area contributed by atoms with Crippen LogP contribution < -0.4 is 5.30 Å². The Hall–Kier alpha value is -0.130. The van der Waals surface area contributed by atoms with Gasteiger partial charge in [-0.2, -0.15) is 0 Å². The molecule has 0 heterocycles. The molecule has 2 aliphatic carbocycles. The fourth-order valence-corrected chi connectivity index (χ4v) is 10.9. The summed E-state index contributed by atoms with van der Waals surface area (Å²) in [7, 11) is -1.53. The Bertz CT molecular complexity index is 443. The highest BCUT2D eigenvalue weighted by Crippen LogP contribution is 2.74. The van der Waals surface area contributed by atoms with E-state index in [1.807, 2.05) is 12.1 Å². The Morgan fingerprint density at radius 3 is 1.68 bits per heavy atom. The minimum atomic E-state index is -1.53. The molecule has 2 aliphatic rings. The maximum absolute atomic E-state index is 13.4. The maximum atomic E-state index is 13.4. The Morgan fingerprint density at radius 1 is 0.818 bits per heavy atom. The van der Waals surface area contributed by atoms with Gasteiger partial charge in [-0.1, -0.05) is 25.7 Å². The molecule has 0 aromatic heterocycles. The molecule has 3 rings (SSSR count). The van der Waals surface area contributed by atoms with E-state index in [9.17, 15) is 4.39 Å². The molecule has 22 heavy (non-hydrogen) atoms. The Kier molecular flexibility index (Phi) is 5.80. The summed E-state index contributed by atoms with van der Waals surface area (Å²) in [5.74, 6) is -0.135. The zero-order valence-electron chi connectivity index (χ0n) is 13.3. The van der Waals surface area contributed by atoms with Crippen LogP contribution in [0.25, 0.3) is 0 Å². The zero-order chi connectivity index (χ0) is 15.4. The third-order valence-electron chi connectivity index (χ3n) is 5.79. The van der Waals surface area contributed by atoms with Crippen molar-refractivity contribution >= 4 is 24.2 Å². The quantitative estimate of drug-likeness (QED) is 0.434. The second-order valence-corrected chi connectivity index (χ2v) is 11.4. The van der Waals surface area contributed by atoms with E-state index in [1.165, 1.54) is 69.5 Å². The van der Waals surface area contributed by atoms with Gasteiger partial charge < -0.3 is 11.6 Å². The van der Waals surface area contributed by atoms with E-state index in [0.717, 1.165) is 11.3 Å². The van der Waals surface area contributed by atoms with E-state index >= 15 is 0 Å². The lowest BCUT2D eigenvalue weighted by Crippen LogP contribution is -2.34. The second kappa shape index (κ2) is 7.63. The SMILES string of the molecule is Fc1ccc([P+]([CH-]Cl)(C2CCCCC2)C2CCCCC2)cc1. The molecule has 0 radical (unpaired) electrons. The van der Waals surface area contributed by atoms with Crippen molar-refractivity contribution in [3.05, 3.63) is 35.7 Å². The summed E-state index contributed by atoms with van der Waals surface area (Å²) < 4.78 is 13.4. The first-order valence-electron chi connectivity index (χ1n) is 8.86. The summed E-state index contributed by atoms with van der Waals surface area (Å²) in [5.41, 5.74) is 3.53. The molecule has 3 heteroatoms. The number of benzene rings is 1. The van der Waals surface area contributed by atoms with E-state index in [-0.39, 0.29) is 5.82 Å². The summed E-state index contributed by atoms with van der Waals surface area (Å²) >= 11 is 6.60. The molecule has 0 bridgehead atoms. The number of hydrogen-bond acceptors (Lipinski definition) is 0. The van der Waals surface area contributed by atoms with Crippen LogP contribution in [0.5, 0.6) is 0 Å². The number of rotatable bonds is 4.